The highest BCUT2D eigenvalue weighted by atomic mass is 16.5. The predicted molar refractivity (Wildman–Crippen MR) is 124 cm³/mol. The van der Waals surface area contributed by atoms with E-state index in [2.05, 4.69) is 24.1 Å². The molecule has 0 aliphatic heterocycles. The number of rotatable bonds is 9. The Morgan fingerprint density at radius 3 is 2.52 bits per heavy atom. The topological polar surface area (TPSA) is 78.9 Å². The Kier molecular flexibility index (Phi) is 7.67. The molecule has 0 saturated carbocycles. The summed E-state index contributed by atoms with van der Waals surface area (Å²) in [5.41, 5.74) is 1.82. The zero-order chi connectivity index (χ0) is 22.2. The molecule has 0 bridgehead atoms. The first-order valence-electron chi connectivity index (χ1n) is 10.7. The first-order valence-corrected chi connectivity index (χ1v) is 10.7. The van der Waals surface area contributed by atoms with Crippen LogP contribution < -0.4 is 20.5 Å². The molecule has 1 heterocycles. The van der Waals surface area contributed by atoms with E-state index in [1.807, 2.05) is 54.6 Å². The number of ether oxygens (including phenoxy) is 1. The summed E-state index contributed by atoms with van der Waals surface area (Å²) in [6, 6.07) is 16.5. The van der Waals surface area contributed by atoms with Gasteiger partial charge in [-0.2, -0.15) is 0 Å². The number of nitrogens with one attached hydrogen (secondary N) is 3. The molecular formula is C24H31N4O3+. The van der Waals surface area contributed by atoms with Crippen LogP contribution in [0.2, 0.25) is 0 Å². The van der Waals surface area contributed by atoms with E-state index in [9.17, 15) is 9.59 Å². The fraction of sp³-hybridized carbons (Fsp3) is 0.333. The van der Waals surface area contributed by atoms with Gasteiger partial charge in [-0.05, 0) is 50.2 Å². The van der Waals surface area contributed by atoms with E-state index in [0.717, 1.165) is 36.2 Å². The number of carbonyl (C=O) groups excluding carboxylic acids is 1. The number of benzene rings is 2. The number of H-pyrrole nitrogens is 1. The molecule has 0 aliphatic rings. The Morgan fingerprint density at radius 1 is 1.10 bits per heavy atom. The minimum atomic E-state index is -0.220. The number of pyridine rings is 1. The number of methoxy groups -OCH3 is 1. The summed E-state index contributed by atoms with van der Waals surface area (Å²) in [5.74, 6) is 0.717. The van der Waals surface area contributed by atoms with Gasteiger partial charge in [-0.3, -0.25) is 4.79 Å². The van der Waals surface area contributed by atoms with Gasteiger partial charge in [0.2, 0.25) is 0 Å². The van der Waals surface area contributed by atoms with Crippen molar-refractivity contribution < 1.29 is 14.4 Å². The number of fused-ring (bicyclic) bond motifs is 1. The Hall–Kier alpha value is -3.32. The van der Waals surface area contributed by atoms with Crippen molar-refractivity contribution in [2.45, 2.75) is 20.4 Å². The Balaban J connectivity index is 1.86. The molecule has 2 amide bonds. The summed E-state index contributed by atoms with van der Waals surface area (Å²) in [6.07, 6.45) is 0. The van der Waals surface area contributed by atoms with E-state index >= 15 is 0 Å². The summed E-state index contributed by atoms with van der Waals surface area (Å²) in [7, 11) is 1.61. The van der Waals surface area contributed by atoms with Gasteiger partial charge in [-0.1, -0.05) is 18.2 Å². The van der Waals surface area contributed by atoms with Gasteiger partial charge in [0.05, 0.1) is 39.8 Å². The summed E-state index contributed by atoms with van der Waals surface area (Å²) in [4.78, 5) is 31.8. The van der Waals surface area contributed by atoms with E-state index in [4.69, 9.17) is 4.74 Å². The SMILES string of the molecule is CC[NH+](CC)CCN(Cc1cc2cc(OC)ccc2[nH]c1=O)C(=O)Nc1ccccc1. The number of nitrogens with zero attached hydrogens (tertiary/aromatic N) is 1. The maximum Gasteiger partial charge on any atom is 0.322 e. The van der Waals surface area contributed by atoms with Crippen molar-refractivity contribution in [3.8, 4) is 5.75 Å². The highest BCUT2D eigenvalue weighted by molar-refractivity contribution is 5.89. The lowest BCUT2D eigenvalue weighted by molar-refractivity contribution is -0.895. The Labute approximate surface area is 182 Å². The first-order chi connectivity index (χ1) is 15.0. The number of anilines is 1. The van der Waals surface area contributed by atoms with Crippen LogP contribution in [0.1, 0.15) is 19.4 Å². The molecule has 31 heavy (non-hydrogen) atoms. The summed E-state index contributed by atoms with van der Waals surface area (Å²) in [5, 5.41) is 3.81. The van der Waals surface area contributed by atoms with Gasteiger partial charge in [0.15, 0.2) is 0 Å². The number of para-hydroxylation sites is 1. The van der Waals surface area contributed by atoms with Crippen molar-refractivity contribution in [2.75, 3.05) is 38.6 Å². The van der Waals surface area contributed by atoms with Gasteiger partial charge >= 0.3 is 6.03 Å². The Bertz CT molecular complexity index is 1060. The van der Waals surface area contributed by atoms with E-state index in [-0.39, 0.29) is 18.1 Å². The maximum absolute atomic E-state index is 13.1. The van der Waals surface area contributed by atoms with Crippen molar-refractivity contribution in [1.29, 1.82) is 0 Å². The molecule has 0 unspecified atom stereocenters. The molecule has 7 heteroatoms. The number of urea groups is 1. The monoisotopic (exact) mass is 423 g/mol. The van der Waals surface area contributed by atoms with Crippen molar-refractivity contribution in [3.05, 3.63) is 70.5 Å². The smallest absolute Gasteiger partial charge is 0.322 e. The number of hydrogen-bond acceptors (Lipinski definition) is 3. The van der Waals surface area contributed by atoms with Crippen LogP contribution in [0.25, 0.3) is 10.9 Å². The molecule has 3 N–H and O–H groups in total. The van der Waals surface area contributed by atoms with Crippen molar-refractivity contribution >= 4 is 22.6 Å². The molecule has 3 rings (SSSR count). The average Bonchev–Trinajstić information content (AvgIpc) is 2.79. The molecule has 164 valence electrons. The van der Waals surface area contributed by atoms with Gasteiger partial charge in [-0.15, -0.1) is 0 Å². The maximum atomic E-state index is 13.1. The molecular weight excluding hydrogens is 392 g/mol. The van der Waals surface area contributed by atoms with Crippen molar-refractivity contribution in [2.24, 2.45) is 0 Å². The van der Waals surface area contributed by atoms with Crippen LogP contribution in [0.4, 0.5) is 10.5 Å². The molecule has 0 spiro atoms. The average molecular weight is 424 g/mol. The van der Waals surface area contributed by atoms with Crippen LogP contribution in [-0.2, 0) is 6.54 Å². The van der Waals surface area contributed by atoms with Gasteiger partial charge in [0.25, 0.3) is 5.56 Å². The lowest BCUT2D eigenvalue weighted by Gasteiger charge is -2.25. The quantitative estimate of drug-likeness (QED) is 0.495. The lowest BCUT2D eigenvalue weighted by Crippen LogP contribution is -3.12. The third-order valence-corrected chi connectivity index (χ3v) is 5.54. The third kappa shape index (κ3) is 5.86. The number of amides is 2. The Morgan fingerprint density at radius 2 is 1.84 bits per heavy atom. The molecule has 0 saturated heterocycles. The summed E-state index contributed by atoms with van der Waals surface area (Å²) in [6.45, 7) is 7.83. The molecule has 0 aliphatic carbocycles. The predicted octanol–water partition coefficient (Wildman–Crippen LogP) is 2.50. The number of likely N-dealkylation sites (N-methyl/N-ethyl adjacent to an activating group) is 1. The van der Waals surface area contributed by atoms with Gasteiger partial charge < -0.3 is 24.8 Å². The number of aromatic amines is 1. The molecule has 1 aromatic heterocycles. The van der Waals surface area contributed by atoms with Crippen LogP contribution in [0.5, 0.6) is 5.75 Å². The molecule has 7 nitrogen and oxygen atoms in total. The minimum absolute atomic E-state index is 0.189. The van der Waals surface area contributed by atoms with Crippen LogP contribution in [-0.4, -0.2) is 49.2 Å². The van der Waals surface area contributed by atoms with Crippen molar-refractivity contribution in [1.82, 2.24) is 9.88 Å². The number of carbonyl (C=O) groups is 1. The normalized spacial score (nSPS) is 11.0. The van der Waals surface area contributed by atoms with Crippen LogP contribution in [0, 0.1) is 0 Å². The van der Waals surface area contributed by atoms with Crippen LogP contribution >= 0.6 is 0 Å². The summed E-state index contributed by atoms with van der Waals surface area (Å²) < 4.78 is 5.30. The van der Waals surface area contributed by atoms with Crippen LogP contribution in [0.3, 0.4) is 0 Å². The highest BCUT2D eigenvalue weighted by Crippen LogP contribution is 2.19. The number of hydrogen-bond donors (Lipinski definition) is 3. The second-order valence-corrected chi connectivity index (χ2v) is 7.50. The fourth-order valence-electron chi connectivity index (χ4n) is 3.55. The minimum Gasteiger partial charge on any atom is -0.497 e. The van der Waals surface area contributed by atoms with Crippen molar-refractivity contribution in [3.63, 3.8) is 0 Å². The van der Waals surface area contributed by atoms with E-state index in [1.165, 1.54) is 4.90 Å². The number of quaternary nitrogens is 1. The fourth-order valence-corrected chi connectivity index (χ4v) is 3.55. The number of aromatic nitrogens is 1. The molecule has 0 fully saturated rings. The second kappa shape index (κ2) is 10.6. The summed E-state index contributed by atoms with van der Waals surface area (Å²) >= 11 is 0. The standard InChI is InChI=1S/C24H30N4O3/c1-4-27(5-2)13-14-28(24(30)25-20-9-7-6-8-10-20)17-19-15-18-16-21(31-3)11-12-22(18)26-23(19)29/h6-12,15-16H,4-5,13-14,17H2,1-3H3,(H,25,30)(H,26,29)/p+1. The lowest BCUT2D eigenvalue weighted by atomic mass is 10.1. The molecule has 0 radical (unpaired) electrons. The second-order valence-electron chi connectivity index (χ2n) is 7.50. The molecule has 0 atom stereocenters. The van der Waals surface area contributed by atoms with E-state index in [0.29, 0.717) is 17.9 Å². The zero-order valence-electron chi connectivity index (χ0n) is 18.4. The van der Waals surface area contributed by atoms with E-state index in [1.54, 1.807) is 12.0 Å². The van der Waals surface area contributed by atoms with E-state index < -0.39 is 0 Å². The third-order valence-electron chi connectivity index (χ3n) is 5.54. The first kappa shape index (κ1) is 22.4. The van der Waals surface area contributed by atoms with Gasteiger partial charge in [0, 0.05) is 22.2 Å². The van der Waals surface area contributed by atoms with Gasteiger partial charge in [0.1, 0.15) is 5.75 Å². The highest BCUT2D eigenvalue weighted by Gasteiger charge is 2.18. The largest absolute Gasteiger partial charge is 0.497 e. The molecule has 2 aromatic carbocycles. The zero-order valence-corrected chi connectivity index (χ0v) is 18.4. The van der Waals surface area contributed by atoms with Gasteiger partial charge in [-0.25, -0.2) is 4.79 Å². The van der Waals surface area contributed by atoms with Crippen LogP contribution in [0.15, 0.2) is 59.4 Å². The molecule has 3 aromatic rings.